The van der Waals surface area contributed by atoms with Crippen LogP contribution in [0.1, 0.15) is 17.3 Å². The standard InChI is InChI=1S/C10H10N2O3/c1-2-15-10(14)8-6-11-12-4-3-7(13)5-9(8)12/h3-6,13H,2H2,1H3. The van der Waals surface area contributed by atoms with Gasteiger partial charge in [0.05, 0.1) is 18.3 Å². The molecule has 0 radical (unpaired) electrons. The predicted molar refractivity (Wildman–Crippen MR) is 52.8 cm³/mol. The second kappa shape index (κ2) is 3.61. The second-order valence-electron chi connectivity index (χ2n) is 2.99. The van der Waals surface area contributed by atoms with Gasteiger partial charge in [-0.25, -0.2) is 9.31 Å². The first-order chi connectivity index (χ1) is 7.22. The zero-order chi connectivity index (χ0) is 10.8. The Morgan fingerprint density at radius 1 is 1.67 bits per heavy atom. The zero-order valence-electron chi connectivity index (χ0n) is 8.17. The minimum atomic E-state index is -0.432. The van der Waals surface area contributed by atoms with E-state index in [1.807, 2.05) is 0 Å². The van der Waals surface area contributed by atoms with Crippen molar-refractivity contribution in [1.29, 1.82) is 0 Å². The van der Waals surface area contributed by atoms with E-state index in [0.29, 0.717) is 17.7 Å². The smallest absolute Gasteiger partial charge is 0.341 e. The summed E-state index contributed by atoms with van der Waals surface area (Å²) in [4.78, 5) is 11.5. The van der Waals surface area contributed by atoms with Crippen molar-refractivity contribution in [2.75, 3.05) is 6.61 Å². The molecule has 78 valence electrons. The lowest BCUT2D eigenvalue weighted by molar-refractivity contribution is 0.0528. The van der Waals surface area contributed by atoms with Crippen LogP contribution >= 0.6 is 0 Å². The highest BCUT2D eigenvalue weighted by molar-refractivity contribution is 5.96. The Bertz CT molecular complexity index is 504. The molecule has 0 aliphatic rings. The van der Waals surface area contributed by atoms with Crippen LogP contribution < -0.4 is 0 Å². The third-order valence-corrected chi connectivity index (χ3v) is 2.00. The molecular weight excluding hydrogens is 196 g/mol. The molecule has 0 aliphatic heterocycles. The molecule has 0 spiro atoms. The third-order valence-electron chi connectivity index (χ3n) is 2.00. The van der Waals surface area contributed by atoms with Crippen LogP contribution in [0.3, 0.4) is 0 Å². The number of aromatic nitrogens is 2. The zero-order valence-corrected chi connectivity index (χ0v) is 8.17. The first kappa shape index (κ1) is 9.51. The molecule has 0 saturated heterocycles. The number of hydrogen-bond acceptors (Lipinski definition) is 4. The highest BCUT2D eigenvalue weighted by Crippen LogP contribution is 2.17. The maximum atomic E-state index is 11.5. The highest BCUT2D eigenvalue weighted by Gasteiger charge is 2.13. The topological polar surface area (TPSA) is 63.8 Å². The van der Waals surface area contributed by atoms with E-state index >= 15 is 0 Å². The number of nitrogens with zero attached hydrogens (tertiary/aromatic N) is 2. The van der Waals surface area contributed by atoms with Crippen LogP contribution in [0.5, 0.6) is 5.75 Å². The number of carbonyl (C=O) groups excluding carboxylic acids is 1. The van der Waals surface area contributed by atoms with Crippen molar-refractivity contribution in [2.24, 2.45) is 0 Å². The molecule has 0 amide bonds. The van der Waals surface area contributed by atoms with Gasteiger partial charge in [0.15, 0.2) is 0 Å². The van der Waals surface area contributed by atoms with Gasteiger partial charge in [-0.1, -0.05) is 0 Å². The number of aromatic hydroxyl groups is 1. The molecule has 2 rings (SSSR count). The van der Waals surface area contributed by atoms with Gasteiger partial charge < -0.3 is 9.84 Å². The molecule has 0 saturated carbocycles. The molecule has 2 aromatic rings. The van der Waals surface area contributed by atoms with E-state index in [4.69, 9.17) is 4.74 Å². The molecule has 0 atom stereocenters. The Balaban J connectivity index is 2.52. The van der Waals surface area contributed by atoms with Crippen molar-refractivity contribution in [3.63, 3.8) is 0 Å². The first-order valence-corrected chi connectivity index (χ1v) is 4.56. The Labute approximate surface area is 85.9 Å². The van der Waals surface area contributed by atoms with E-state index in [0.717, 1.165) is 0 Å². The molecule has 0 aliphatic carbocycles. The van der Waals surface area contributed by atoms with Gasteiger partial charge in [0.2, 0.25) is 0 Å². The molecule has 0 bridgehead atoms. The lowest BCUT2D eigenvalue weighted by Crippen LogP contribution is -2.03. The Morgan fingerprint density at radius 3 is 3.20 bits per heavy atom. The fraction of sp³-hybridized carbons (Fsp3) is 0.200. The number of pyridine rings is 1. The summed E-state index contributed by atoms with van der Waals surface area (Å²) in [5.74, 6) is -0.341. The highest BCUT2D eigenvalue weighted by atomic mass is 16.5. The maximum absolute atomic E-state index is 11.5. The lowest BCUT2D eigenvalue weighted by Gasteiger charge is -1.99. The van der Waals surface area contributed by atoms with Gasteiger partial charge in [-0.05, 0) is 13.0 Å². The Kier molecular flexibility index (Phi) is 2.29. The van der Waals surface area contributed by atoms with Crippen LogP contribution in [-0.2, 0) is 4.74 Å². The lowest BCUT2D eigenvalue weighted by atomic mass is 10.2. The second-order valence-corrected chi connectivity index (χ2v) is 2.99. The number of ether oxygens (including phenoxy) is 1. The van der Waals surface area contributed by atoms with E-state index in [1.165, 1.54) is 22.8 Å². The summed E-state index contributed by atoms with van der Waals surface area (Å²) in [5, 5.41) is 13.3. The van der Waals surface area contributed by atoms with Crippen LogP contribution in [0, 0.1) is 0 Å². The monoisotopic (exact) mass is 206 g/mol. The van der Waals surface area contributed by atoms with Gasteiger partial charge in [-0.15, -0.1) is 0 Å². The fourth-order valence-electron chi connectivity index (χ4n) is 1.34. The summed E-state index contributed by atoms with van der Waals surface area (Å²) >= 11 is 0. The summed E-state index contributed by atoms with van der Waals surface area (Å²) in [6.45, 7) is 2.05. The van der Waals surface area contributed by atoms with Gasteiger partial charge >= 0.3 is 5.97 Å². The van der Waals surface area contributed by atoms with Crippen LogP contribution in [0.15, 0.2) is 24.5 Å². The number of fused-ring (bicyclic) bond motifs is 1. The Hall–Kier alpha value is -2.04. The van der Waals surface area contributed by atoms with Crippen LogP contribution in [-0.4, -0.2) is 27.3 Å². The SMILES string of the molecule is CCOC(=O)c1cnn2ccc(O)cc12. The largest absolute Gasteiger partial charge is 0.508 e. The molecule has 15 heavy (non-hydrogen) atoms. The average molecular weight is 206 g/mol. The van der Waals surface area contributed by atoms with Crippen LogP contribution in [0.4, 0.5) is 0 Å². The Morgan fingerprint density at radius 2 is 2.47 bits per heavy atom. The van der Waals surface area contributed by atoms with Crippen LogP contribution in [0.25, 0.3) is 5.52 Å². The van der Waals surface area contributed by atoms with Crippen molar-refractivity contribution >= 4 is 11.5 Å². The van der Waals surface area contributed by atoms with Gasteiger partial charge in [-0.2, -0.15) is 5.10 Å². The fourth-order valence-corrected chi connectivity index (χ4v) is 1.34. The summed E-state index contributed by atoms with van der Waals surface area (Å²) in [7, 11) is 0. The van der Waals surface area contributed by atoms with Crippen molar-refractivity contribution in [3.05, 3.63) is 30.1 Å². The average Bonchev–Trinajstić information content (AvgIpc) is 2.60. The molecule has 5 heteroatoms. The van der Waals surface area contributed by atoms with Crippen molar-refractivity contribution in [3.8, 4) is 5.75 Å². The third kappa shape index (κ3) is 1.63. The molecule has 0 fully saturated rings. The summed E-state index contributed by atoms with van der Waals surface area (Å²) < 4.78 is 6.37. The minimum absolute atomic E-state index is 0.0912. The molecule has 2 aromatic heterocycles. The van der Waals surface area contributed by atoms with Crippen LogP contribution in [0.2, 0.25) is 0 Å². The predicted octanol–water partition coefficient (Wildman–Crippen LogP) is 1.22. The summed E-state index contributed by atoms with van der Waals surface area (Å²) in [6, 6.07) is 2.97. The minimum Gasteiger partial charge on any atom is -0.508 e. The van der Waals surface area contributed by atoms with Gasteiger partial charge in [0.25, 0.3) is 0 Å². The van der Waals surface area contributed by atoms with Crippen molar-refractivity contribution in [1.82, 2.24) is 9.61 Å². The molecule has 0 unspecified atom stereocenters. The quantitative estimate of drug-likeness (QED) is 0.750. The molecule has 0 aromatic carbocycles. The van der Waals surface area contributed by atoms with E-state index in [9.17, 15) is 9.90 Å². The normalized spacial score (nSPS) is 10.5. The number of esters is 1. The van der Waals surface area contributed by atoms with E-state index in [2.05, 4.69) is 5.10 Å². The molecular formula is C10H10N2O3. The van der Waals surface area contributed by atoms with Gasteiger partial charge in [0.1, 0.15) is 11.3 Å². The molecule has 1 N–H and O–H groups in total. The van der Waals surface area contributed by atoms with Crippen molar-refractivity contribution < 1.29 is 14.6 Å². The summed E-state index contributed by atoms with van der Waals surface area (Å²) in [6.07, 6.45) is 3.00. The molecule has 2 heterocycles. The maximum Gasteiger partial charge on any atom is 0.341 e. The van der Waals surface area contributed by atoms with Gasteiger partial charge in [-0.3, -0.25) is 0 Å². The summed E-state index contributed by atoms with van der Waals surface area (Å²) in [5.41, 5.74) is 0.890. The van der Waals surface area contributed by atoms with Crippen molar-refractivity contribution in [2.45, 2.75) is 6.92 Å². The first-order valence-electron chi connectivity index (χ1n) is 4.56. The number of rotatable bonds is 2. The van der Waals surface area contributed by atoms with E-state index in [-0.39, 0.29) is 5.75 Å². The van der Waals surface area contributed by atoms with Gasteiger partial charge in [0, 0.05) is 12.3 Å². The van der Waals surface area contributed by atoms with E-state index in [1.54, 1.807) is 13.1 Å². The molecule has 5 nitrogen and oxygen atoms in total. The number of hydrogen-bond donors (Lipinski definition) is 1. The number of carbonyl (C=O) groups is 1. The van der Waals surface area contributed by atoms with E-state index < -0.39 is 5.97 Å².